The van der Waals surface area contributed by atoms with Crippen molar-refractivity contribution >= 4 is 5.82 Å². The number of ether oxygens (including phenoxy) is 2. The minimum Gasteiger partial charge on any atom is -0.481 e. The van der Waals surface area contributed by atoms with Gasteiger partial charge in [-0.15, -0.1) is 0 Å². The summed E-state index contributed by atoms with van der Waals surface area (Å²) in [5.41, 5.74) is 0. The minimum absolute atomic E-state index is 0.586. The van der Waals surface area contributed by atoms with E-state index in [-0.39, 0.29) is 0 Å². The molecule has 0 bridgehead atoms. The molecule has 6 nitrogen and oxygen atoms in total. The van der Waals surface area contributed by atoms with Crippen LogP contribution in [0.25, 0.3) is 0 Å². The third-order valence-electron chi connectivity index (χ3n) is 5.41. The molecule has 3 saturated heterocycles. The summed E-state index contributed by atoms with van der Waals surface area (Å²) in [6, 6.07) is 3.93. The lowest BCUT2D eigenvalue weighted by molar-refractivity contribution is 0.0297. The zero-order valence-corrected chi connectivity index (χ0v) is 13.1. The molecule has 4 heterocycles. The van der Waals surface area contributed by atoms with Crippen molar-refractivity contribution in [3.05, 3.63) is 12.4 Å². The summed E-state index contributed by atoms with van der Waals surface area (Å²) in [4.78, 5) is 13.8. The Hall–Kier alpha value is -1.40. The highest BCUT2D eigenvalue weighted by Crippen LogP contribution is 2.37. The van der Waals surface area contributed by atoms with Crippen LogP contribution in [0.3, 0.4) is 0 Å². The number of hydrogen-bond donors (Lipinski definition) is 0. The summed E-state index contributed by atoms with van der Waals surface area (Å²) < 4.78 is 10.8. The number of anilines is 1. The smallest absolute Gasteiger partial charge is 0.218 e. The predicted molar refractivity (Wildman–Crippen MR) is 83.3 cm³/mol. The van der Waals surface area contributed by atoms with Crippen molar-refractivity contribution in [3.8, 4) is 5.88 Å². The number of fused-ring (bicyclic) bond motifs is 1. The van der Waals surface area contributed by atoms with Crippen LogP contribution < -0.4 is 9.64 Å². The number of aromatic nitrogens is 2. The fourth-order valence-electron chi connectivity index (χ4n) is 4.37. The van der Waals surface area contributed by atoms with Crippen LogP contribution >= 0.6 is 0 Å². The Morgan fingerprint density at radius 1 is 1.09 bits per heavy atom. The molecule has 1 aromatic heterocycles. The Kier molecular flexibility index (Phi) is 3.88. The van der Waals surface area contributed by atoms with E-state index >= 15 is 0 Å². The van der Waals surface area contributed by atoms with E-state index in [0.29, 0.717) is 24.0 Å². The van der Waals surface area contributed by atoms with Gasteiger partial charge in [-0.25, -0.2) is 9.97 Å². The van der Waals surface area contributed by atoms with E-state index < -0.39 is 0 Å². The second kappa shape index (κ2) is 6.01. The second-order valence-electron chi connectivity index (χ2n) is 6.41. The van der Waals surface area contributed by atoms with Crippen molar-refractivity contribution in [2.24, 2.45) is 0 Å². The van der Waals surface area contributed by atoms with E-state index in [1.165, 1.54) is 32.2 Å². The molecule has 22 heavy (non-hydrogen) atoms. The third kappa shape index (κ3) is 2.44. The van der Waals surface area contributed by atoms with E-state index in [4.69, 9.17) is 9.47 Å². The normalized spacial score (nSPS) is 29.8. The van der Waals surface area contributed by atoms with E-state index in [1.54, 1.807) is 13.4 Å². The number of methoxy groups -OCH3 is 1. The molecule has 2 atom stereocenters. The Bertz CT molecular complexity index is 521. The molecule has 0 unspecified atom stereocenters. The third-order valence-corrected chi connectivity index (χ3v) is 5.41. The highest BCUT2D eigenvalue weighted by atomic mass is 16.5. The Labute approximate surface area is 131 Å². The Balaban J connectivity index is 1.49. The van der Waals surface area contributed by atoms with Gasteiger partial charge in [-0.1, -0.05) is 0 Å². The fraction of sp³-hybridized carbons (Fsp3) is 0.750. The van der Waals surface area contributed by atoms with Crippen molar-refractivity contribution in [1.29, 1.82) is 0 Å². The number of rotatable bonds is 3. The van der Waals surface area contributed by atoms with E-state index in [2.05, 4.69) is 19.8 Å². The monoisotopic (exact) mass is 304 g/mol. The molecule has 0 aromatic carbocycles. The molecule has 4 rings (SSSR count). The maximum absolute atomic E-state index is 5.52. The lowest BCUT2D eigenvalue weighted by atomic mass is 10.0. The summed E-state index contributed by atoms with van der Waals surface area (Å²) in [5.74, 6) is 1.65. The molecule has 0 saturated carbocycles. The maximum atomic E-state index is 5.52. The quantitative estimate of drug-likeness (QED) is 0.839. The van der Waals surface area contributed by atoms with Gasteiger partial charge in [0.1, 0.15) is 12.1 Å². The van der Waals surface area contributed by atoms with Crippen LogP contribution in [-0.4, -0.2) is 66.4 Å². The molecular formula is C16H24N4O2. The average molecular weight is 304 g/mol. The molecular weight excluding hydrogens is 280 g/mol. The number of hydrogen-bond acceptors (Lipinski definition) is 6. The molecule has 6 heteroatoms. The molecule has 1 aromatic rings. The molecule has 0 radical (unpaired) electrons. The van der Waals surface area contributed by atoms with Gasteiger partial charge in [-0.3, -0.25) is 4.90 Å². The van der Waals surface area contributed by atoms with Crippen LogP contribution in [0.1, 0.15) is 25.7 Å². The van der Waals surface area contributed by atoms with Gasteiger partial charge in [-0.2, -0.15) is 0 Å². The highest BCUT2D eigenvalue weighted by molar-refractivity contribution is 5.44. The lowest BCUT2D eigenvalue weighted by Gasteiger charge is -2.35. The topological polar surface area (TPSA) is 50.7 Å². The Morgan fingerprint density at radius 3 is 2.73 bits per heavy atom. The van der Waals surface area contributed by atoms with Crippen LogP contribution in [0.2, 0.25) is 0 Å². The van der Waals surface area contributed by atoms with Gasteiger partial charge in [0.25, 0.3) is 0 Å². The lowest BCUT2D eigenvalue weighted by Crippen LogP contribution is -2.44. The standard InChI is InChI=1S/C16H24N4O2/c1-21-16-10-15(17-11-18-16)20-7-3-13-14(20)2-6-19(13)12-4-8-22-9-5-12/h10-14H,2-9H2,1H3/t13-,14+/m1/s1. The molecule has 3 fully saturated rings. The predicted octanol–water partition coefficient (Wildman–Crippen LogP) is 1.32. The first kappa shape index (κ1) is 14.2. The minimum atomic E-state index is 0.586. The summed E-state index contributed by atoms with van der Waals surface area (Å²) in [6.07, 6.45) is 6.43. The second-order valence-corrected chi connectivity index (χ2v) is 6.41. The molecule has 3 aliphatic heterocycles. The van der Waals surface area contributed by atoms with E-state index in [0.717, 1.165) is 25.6 Å². The maximum Gasteiger partial charge on any atom is 0.218 e. The molecule has 0 spiro atoms. The van der Waals surface area contributed by atoms with Crippen molar-refractivity contribution in [3.63, 3.8) is 0 Å². The van der Waals surface area contributed by atoms with Crippen LogP contribution in [0.5, 0.6) is 5.88 Å². The first-order valence-electron chi connectivity index (χ1n) is 8.33. The summed E-state index contributed by atoms with van der Waals surface area (Å²) >= 11 is 0. The van der Waals surface area contributed by atoms with Gasteiger partial charge in [0.2, 0.25) is 5.88 Å². The van der Waals surface area contributed by atoms with Crippen molar-refractivity contribution in [2.75, 3.05) is 38.3 Å². The van der Waals surface area contributed by atoms with Gasteiger partial charge in [0, 0.05) is 50.5 Å². The van der Waals surface area contributed by atoms with E-state index in [9.17, 15) is 0 Å². The summed E-state index contributed by atoms with van der Waals surface area (Å²) in [7, 11) is 1.65. The van der Waals surface area contributed by atoms with Gasteiger partial charge in [0.15, 0.2) is 0 Å². The van der Waals surface area contributed by atoms with Crippen LogP contribution in [0, 0.1) is 0 Å². The average Bonchev–Trinajstić information content (AvgIpc) is 3.17. The largest absolute Gasteiger partial charge is 0.481 e. The molecule has 0 N–H and O–H groups in total. The summed E-state index contributed by atoms with van der Waals surface area (Å²) in [5, 5.41) is 0. The Morgan fingerprint density at radius 2 is 1.91 bits per heavy atom. The number of likely N-dealkylation sites (tertiary alicyclic amines) is 1. The van der Waals surface area contributed by atoms with Gasteiger partial charge in [0.05, 0.1) is 7.11 Å². The van der Waals surface area contributed by atoms with Crippen LogP contribution in [-0.2, 0) is 4.74 Å². The fourth-order valence-corrected chi connectivity index (χ4v) is 4.37. The van der Waals surface area contributed by atoms with Crippen molar-refractivity contribution < 1.29 is 9.47 Å². The first-order valence-corrected chi connectivity index (χ1v) is 8.33. The number of nitrogens with zero attached hydrogens (tertiary/aromatic N) is 4. The SMILES string of the molecule is COc1cc(N2CC[C@@H]3[C@@H]2CCN3C2CCOCC2)ncn1. The molecule has 120 valence electrons. The molecule has 3 aliphatic rings. The zero-order valence-electron chi connectivity index (χ0n) is 13.1. The first-order chi connectivity index (χ1) is 10.9. The van der Waals surface area contributed by atoms with E-state index in [1.807, 2.05) is 6.07 Å². The molecule has 0 amide bonds. The zero-order chi connectivity index (χ0) is 14.9. The highest BCUT2D eigenvalue weighted by Gasteiger charge is 2.45. The molecule has 0 aliphatic carbocycles. The van der Waals surface area contributed by atoms with Crippen LogP contribution in [0.15, 0.2) is 12.4 Å². The van der Waals surface area contributed by atoms with Crippen LogP contribution in [0.4, 0.5) is 5.82 Å². The van der Waals surface area contributed by atoms with Crippen molar-refractivity contribution in [1.82, 2.24) is 14.9 Å². The van der Waals surface area contributed by atoms with Crippen molar-refractivity contribution in [2.45, 2.75) is 43.8 Å². The van der Waals surface area contributed by atoms with Gasteiger partial charge >= 0.3 is 0 Å². The van der Waals surface area contributed by atoms with Gasteiger partial charge < -0.3 is 14.4 Å². The van der Waals surface area contributed by atoms with Gasteiger partial charge in [-0.05, 0) is 25.7 Å². The summed E-state index contributed by atoms with van der Waals surface area (Å²) in [6.45, 7) is 4.13.